The molecule has 2 aromatic rings. The van der Waals surface area contributed by atoms with E-state index in [0.717, 1.165) is 0 Å². The summed E-state index contributed by atoms with van der Waals surface area (Å²) in [6.45, 7) is 0. The van der Waals surface area contributed by atoms with Crippen molar-refractivity contribution in [3.05, 3.63) is 46.8 Å². The smallest absolute Gasteiger partial charge is 0.307 e. The molecule has 0 N–H and O–H groups in total. The number of benzene rings is 1. The van der Waals surface area contributed by atoms with Gasteiger partial charge in [-0.25, -0.2) is 4.68 Å². The second kappa shape index (κ2) is 4.01. The zero-order valence-electron chi connectivity index (χ0n) is 8.53. The fraction of sp³-hybridized carbons (Fsp3) is 0.100. The molecule has 0 aliphatic rings. The van der Waals surface area contributed by atoms with Crippen LogP contribution in [0.15, 0.2) is 36.7 Å². The number of rotatable bonds is 3. The van der Waals surface area contributed by atoms with Crippen molar-refractivity contribution in [2.24, 2.45) is 0 Å². The molecule has 0 radical (unpaired) electrons. The average molecular weight is 219 g/mol. The fourth-order valence-corrected chi connectivity index (χ4v) is 1.30. The van der Waals surface area contributed by atoms with E-state index in [1.165, 1.54) is 17.1 Å². The lowest BCUT2D eigenvalue weighted by Gasteiger charge is -2.03. The molecule has 0 aliphatic heterocycles. The van der Waals surface area contributed by atoms with Crippen LogP contribution in [0, 0.1) is 10.1 Å². The highest BCUT2D eigenvalue weighted by atomic mass is 16.6. The van der Waals surface area contributed by atoms with Gasteiger partial charge in [-0.1, -0.05) is 6.07 Å². The van der Waals surface area contributed by atoms with Crippen molar-refractivity contribution in [3.8, 4) is 11.4 Å². The minimum Gasteiger partial charge on any atom is -0.497 e. The maximum atomic E-state index is 10.5. The van der Waals surface area contributed by atoms with E-state index < -0.39 is 4.92 Å². The van der Waals surface area contributed by atoms with Crippen LogP contribution in [0.4, 0.5) is 5.69 Å². The molecule has 0 spiro atoms. The molecule has 1 aromatic carbocycles. The molecule has 0 bridgehead atoms. The van der Waals surface area contributed by atoms with Gasteiger partial charge in [0.25, 0.3) is 0 Å². The van der Waals surface area contributed by atoms with Crippen LogP contribution in [0.2, 0.25) is 0 Å². The number of ether oxygens (including phenoxy) is 1. The minimum absolute atomic E-state index is 0.0391. The van der Waals surface area contributed by atoms with Crippen LogP contribution in [0.5, 0.6) is 5.75 Å². The summed E-state index contributed by atoms with van der Waals surface area (Å²) in [7, 11) is 1.56. The molecule has 0 amide bonds. The Balaban J connectivity index is 2.38. The van der Waals surface area contributed by atoms with Gasteiger partial charge in [0.1, 0.15) is 18.1 Å². The number of hydrogen-bond donors (Lipinski definition) is 0. The molecule has 0 aliphatic carbocycles. The number of methoxy groups -OCH3 is 1. The van der Waals surface area contributed by atoms with E-state index in [4.69, 9.17) is 4.74 Å². The van der Waals surface area contributed by atoms with Crippen LogP contribution < -0.4 is 4.74 Å². The average Bonchev–Trinajstić information content (AvgIpc) is 2.78. The van der Waals surface area contributed by atoms with Gasteiger partial charge in [0, 0.05) is 6.07 Å². The molecular weight excluding hydrogens is 210 g/mol. The Morgan fingerprint density at radius 2 is 2.31 bits per heavy atom. The molecule has 1 aromatic heterocycles. The molecule has 6 nitrogen and oxygen atoms in total. The summed E-state index contributed by atoms with van der Waals surface area (Å²) in [4.78, 5) is 10.0. The third-order valence-corrected chi connectivity index (χ3v) is 2.10. The van der Waals surface area contributed by atoms with Crippen molar-refractivity contribution in [2.45, 2.75) is 0 Å². The van der Waals surface area contributed by atoms with Gasteiger partial charge in [-0.3, -0.25) is 10.1 Å². The Kier molecular flexibility index (Phi) is 2.55. The molecule has 0 fully saturated rings. The molecular formula is C10H9N3O3. The molecule has 0 atom stereocenters. The molecule has 0 unspecified atom stereocenters. The third kappa shape index (κ3) is 1.85. The monoisotopic (exact) mass is 219 g/mol. The van der Waals surface area contributed by atoms with E-state index in [-0.39, 0.29) is 5.69 Å². The zero-order chi connectivity index (χ0) is 11.5. The van der Waals surface area contributed by atoms with Gasteiger partial charge < -0.3 is 4.74 Å². The Labute approximate surface area is 91.2 Å². The SMILES string of the molecule is COc1cccc(-n2cc([N+](=O)[O-])cn2)c1. The van der Waals surface area contributed by atoms with Crippen molar-refractivity contribution in [1.29, 1.82) is 0 Å². The highest BCUT2D eigenvalue weighted by molar-refractivity contribution is 5.40. The van der Waals surface area contributed by atoms with E-state index >= 15 is 0 Å². The number of nitro groups is 1. The first-order chi connectivity index (χ1) is 7.70. The van der Waals surface area contributed by atoms with Gasteiger partial charge in [-0.15, -0.1) is 0 Å². The van der Waals surface area contributed by atoms with Crippen LogP contribution in [0.1, 0.15) is 0 Å². The van der Waals surface area contributed by atoms with Crippen LogP contribution >= 0.6 is 0 Å². The highest BCUT2D eigenvalue weighted by Gasteiger charge is 2.09. The van der Waals surface area contributed by atoms with Gasteiger partial charge in [-0.05, 0) is 12.1 Å². The van der Waals surface area contributed by atoms with E-state index in [9.17, 15) is 10.1 Å². The van der Waals surface area contributed by atoms with Crippen molar-refractivity contribution in [3.63, 3.8) is 0 Å². The Morgan fingerprint density at radius 3 is 2.94 bits per heavy atom. The van der Waals surface area contributed by atoms with Gasteiger partial charge >= 0.3 is 5.69 Å². The lowest BCUT2D eigenvalue weighted by atomic mass is 10.3. The Bertz CT molecular complexity index is 522. The number of aromatic nitrogens is 2. The van der Waals surface area contributed by atoms with Gasteiger partial charge in [0.2, 0.25) is 0 Å². The van der Waals surface area contributed by atoms with Crippen LogP contribution in [-0.4, -0.2) is 21.8 Å². The summed E-state index contributed by atoms with van der Waals surface area (Å²) in [5.74, 6) is 0.677. The quantitative estimate of drug-likeness (QED) is 0.582. The summed E-state index contributed by atoms with van der Waals surface area (Å²) in [5, 5.41) is 14.4. The van der Waals surface area contributed by atoms with E-state index in [2.05, 4.69) is 5.10 Å². The summed E-state index contributed by atoms with van der Waals surface area (Å²) < 4.78 is 6.49. The van der Waals surface area contributed by atoms with Crippen LogP contribution in [-0.2, 0) is 0 Å². The third-order valence-electron chi connectivity index (χ3n) is 2.10. The molecule has 2 rings (SSSR count). The molecule has 1 heterocycles. The van der Waals surface area contributed by atoms with Crippen molar-refractivity contribution < 1.29 is 9.66 Å². The van der Waals surface area contributed by atoms with Gasteiger partial charge in [0.15, 0.2) is 0 Å². The van der Waals surface area contributed by atoms with E-state index in [0.29, 0.717) is 11.4 Å². The lowest BCUT2D eigenvalue weighted by molar-refractivity contribution is -0.384. The molecule has 0 saturated carbocycles. The van der Waals surface area contributed by atoms with Crippen molar-refractivity contribution >= 4 is 5.69 Å². The minimum atomic E-state index is -0.482. The number of hydrogen-bond acceptors (Lipinski definition) is 4. The molecule has 16 heavy (non-hydrogen) atoms. The summed E-state index contributed by atoms with van der Waals surface area (Å²) in [6.07, 6.45) is 2.56. The van der Waals surface area contributed by atoms with Crippen molar-refractivity contribution in [1.82, 2.24) is 9.78 Å². The van der Waals surface area contributed by atoms with Crippen molar-refractivity contribution in [2.75, 3.05) is 7.11 Å². The second-order valence-electron chi connectivity index (χ2n) is 3.10. The summed E-state index contributed by atoms with van der Waals surface area (Å²) in [5.41, 5.74) is 0.676. The first kappa shape index (κ1) is 10.2. The van der Waals surface area contributed by atoms with Crippen LogP contribution in [0.25, 0.3) is 5.69 Å². The first-order valence-corrected chi connectivity index (χ1v) is 4.54. The first-order valence-electron chi connectivity index (χ1n) is 4.54. The predicted molar refractivity (Wildman–Crippen MR) is 56.8 cm³/mol. The van der Waals surface area contributed by atoms with Gasteiger partial charge in [-0.2, -0.15) is 5.10 Å². The zero-order valence-corrected chi connectivity index (χ0v) is 8.53. The normalized spacial score (nSPS) is 10.1. The largest absolute Gasteiger partial charge is 0.497 e. The molecule has 82 valence electrons. The maximum absolute atomic E-state index is 10.5. The Morgan fingerprint density at radius 1 is 1.50 bits per heavy atom. The lowest BCUT2D eigenvalue weighted by Crippen LogP contribution is -1.94. The van der Waals surface area contributed by atoms with Crippen LogP contribution in [0.3, 0.4) is 0 Å². The Hall–Kier alpha value is -2.37. The maximum Gasteiger partial charge on any atom is 0.307 e. The molecule has 0 saturated heterocycles. The predicted octanol–water partition coefficient (Wildman–Crippen LogP) is 1.79. The van der Waals surface area contributed by atoms with E-state index in [1.807, 2.05) is 0 Å². The number of nitrogens with zero attached hydrogens (tertiary/aromatic N) is 3. The van der Waals surface area contributed by atoms with Gasteiger partial charge in [0.05, 0.1) is 17.7 Å². The summed E-state index contributed by atoms with van der Waals surface area (Å²) >= 11 is 0. The molecule has 6 heteroatoms. The standard InChI is InChI=1S/C10H9N3O3/c1-16-10-4-2-3-8(5-10)12-7-9(6-11-12)13(14)15/h2-7H,1H3. The fourth-order valence-electron chi connectivity index (χ4n) is 1.30. The second-order valence-corrected chi connectivity index (χ2v) is 3.10. The summed E-state index contributed by atoms with van der Waals surface area (Å²) in [6, 6.07) is 7.12. The topological polar surface area (TPSA) is 70.2 Å². The van der Waals surface area contributed by atoms with E-state index in [1.54, 1.807) is 31.4 Å². The highest BCUT2D eigenvalue weighted by Crippen LogP contribution is 2.18.